The number of carbonyl (C=O) groups is 2. The van der Waals surface area contributed by atoms with E-state index in [2.05, 4.69) is 0 Å². The van der Waals surface area contributed by atoms with Gasteiger partial charge in [0.15, 0.2) is 11.5 Å². The van der Waals surface area contributed by atoms with Crippen molar-refractivity contribution in [1.82, 2.24) is 4.90 Å². The van der Waals surface area contributed by atoms with Crippen LogP contribution < -0.4 is 19.1 Å². The van der Waals surface area contributed by atoms with Crippen LogP contribution in [0.3, 0.4) is 0 Å². The average Bonchev–Trinajstić information content (AvgIpc) is 3.19. The van der Waals surface area contributed by atoms with E-state index in [0.29, 0.717) is 56.5 Å². The van der Waals surface area contributed by atoms with Crippen molar-refractivity contribution in [1.29, 1.82) is 0 Å². The Hall–Kier alpha value is -3.29. The third-order valence-electron chi connectivity index (χ3n) is 5.03. The number of hydrogen-bond acceptors (Lipinski definition) is 5. The zero-order chi connectivity index (χ0) is 23.1. The van der Waals surface area contributed by atoms with Crippen LogP contribution in [0.5, 0.6) is 17.2 Å². The van der Waals surface area contributed by atoms with Crippen molar-refractivity contribution in [3.8, 4) is 17.2 Å². The number of nitrogens with zero attached hydrogens (tertiary/aromatic N) is 2. The van der Waals surface area contributed by atoms with Crippen LogP contribution in [0, 0.1) is 5.82 Å². The lowest BCUT2D eigenvalue weighted by molar-refractivity contribution is -0.127. The number of hydrogen-bond donors (Lipinski definition) is 0. The minimum Gasteiger partial charge on any atom is -0.490 e. The number of rotatable bonds is 10. The van der Waals surface area contributed by atoms with Crippen LogP contribution in [0.25, 0.3) is 0 Å². The molecule has 1 aliphatic heterocycles. The highest BCUT2D eigenvalue weighted by Gasteiger charge is 2.29. The average molecular weight is 445 g/mol. The molecule has 0 aliphatic carbocycles. The molecule has 7 nitrogen and oxygen atoms in total. The second-order valence-corrected chi connectivity index (χ2v) is 7.19. The molecule has 2 amide bonds. The van der Waals surface area contributed by atoms with Gasteiger partial charge in [-0.25, -0.2) is 4.39 Å². The van der Waals surface area contributed by atoms with Gasteiger partial charge in [0.2, 0.25) is 11.7 Å². The Morgan fingerprint density at radius 3 is 2.19 bits per heavy atom. The maximum Gasteiger partial charge on any atom is 0.260 e. The Labute approximate surface area is 187 Å². The molecule has 1 fully saturated rings. The Balaban J connectivity index is 2.06. The largest absolute Gasteiger partial charge is 0.490 e. The summed E-state index contributed by atoms with van der Waals surface area (Å²) in [7, 11) is 0. The Morgan fingerprint density at radius 2 is 1.66 bits per heavy atom. The summed E-state index contributed by atoms with van der Waals surface area (Å²) in [4.78, 5) is 28.7. The van der Waals surface area contributed by atoms with Gasteiger partial charge < -0.3 is 19.1 Å². The van der Waals surface area contributed by atoms with Crippen LogP contribution >= 0.6 is 0 Å². The highest BCUT2D eigenvalue weighted by molar-refractivity contribution is 6.07. The smallest absolute Gasteiger partial charge is 0.260 e. The first-order valence-electron chi connectivity index (χ1n) is 10.9. The topological polar surface area (TPSA) is 68.3 Å². The van der Waals surface area contributed by atoms with Crippen LogP contribution in [0.1, 0.15) is 44.0 Å². The number of ether oxygens (including phenoxy) is 3. The van der Waals surface area contributed by atoms with E-state index in [1.165, 1.54) is 17.0 Å². The monoisotopic (exact) mass is 444 g/mol. The maximum absolute atomic E-state index is 14.7. The van der Waals surface area contributed by atoms with Crippen molar-refractivity contribution in [3.63, 3.8) is 0 Å². The van der Waals surface area contributed by atoms with Gasteiger partial charge >= 0.3 is 0 Å². The lowest BCUT2D eigenvalue weighted by Gasteiger charge is -2.29. The molecule has 0 saturated carbocycles. The van der Waals surface area contributed by atoms with Crippen molar-refractivity contribution >= 4 is 17.5 Å². The highest BCUT2D eigenvalue weighted by atomic mass is 19.1. The summed E-state index contributed by atoms with van der Waals surface area (Å²) in [6, 6.07) is 9.16. The molecule has 172 valence electrons. The predicted molar refractivity (Wildman–Crippen MR) is 119 cm³/mol. The van der Waals surface area contributed by atoms with Crippen molar-refractivity contribution in [2.45, 2.75) is 33.6 Å². The lowest BCUT2D eigenvalue weighted by atomic mass is 10.1. The zero-order valence-corrected chi connectivity index (χ0v) is 18.7. The van der Waals surface area contributed by atoms with Crippen LogP contribution in [0.15, 0.2) is 36.4 Å². The fraction of sp³-hybridized carbons (Fsp3) is 0.417. The molecule has 32 heavy (non-hydrogen) atoms. The number of halogens is 1. The van der Waals surface area contributed by atoms with Gasteiger partial charge in [0, 0.05) is 18.5 Å². The number of anilines is 1. The molecule has 1 heterocycles. The molecule has 1 aliphatic rings. The summed E-state index contributed by atoms with van der Waals surface area (Å²) in [6.07, 6.45) is 1.13. The molecule has 0 N–H and O–H groups in total. The minimum atomic E-state index is -0.548. The molecule has 2 aromatic carbocycles. The van der Waals surface area contributed by atoms with E-state index in [-0.39, 0.29) is 23.8 Å². The van der Waals surface area contributed by atoms with E-state index in [9.17, 15) is 14.0 Å². The number of benzene rings is 2. The highest BCUT2D eigenvalue weighted by Crippen LogP contribution is 2.40. The Kier molecular flexibility index (Phi) is 7.92. The van der Waals surface area contributed by atoms with Gasteiger partial charge in [-0.05, 0) is 51.5 Å². The Morgan fingerprint density at radius 1 is 1.03 bits per heavy atom. The molecular formula is C24H29FN2O5. The summed E-state index contributed by atoms with van der Waals surface area (Å²) in [5.74, 6) is 0.0766. The number of carbonyl (C=O) groups excluding carboxylic acids is 2. The zero-order valence-electron chi connectivity index (χ0n) is 18.7. The molecule has 0 atom stereocenters. The lowest BCUT2D eigenvalue weighted by Crippen LogP contribution is -2.42. The molecule has 0 unspecified atom stereocenters. The molecular weight excluding hydrogens is 415 g/mol. The summed E-state index contributed by atoms with van der Waals surface area (Å²) in [6.45, 7) is 7.10. The van der Waals surface area contributed by atoms with Gasteiger partial charge in [-0.1, -0.05) is 12.1 Å². The molecule has 0 radical (unpaired) electrons. The van der Waals surface area contributed by atoms with Crippen molar-refractivity contribution in [2.24, 2.45) is 0 Å². The maximum atomic E-state index is 14.7. The summed E-state index contributed by atoms with van der Waals surface area (Å²) < 4.78 is 31.8. The number of para-hydroxylation sites is 1. The van der Waals surface area contributed by atoms with Gasteiger partial charge in [0.05, 0.1) is 25.5 Å². The third kappa shape index (κ3) is 5.12. The minimum absolute atomic E-state index is 0.0419. The SMILES string of the molecule is CCOc1cc(C(=O)N(CN2CCCC2=O)c2ccccc2F)cc(OCC)c1OCC. The van der Waals surface area contributed by atoms with Crippen LogP contribution in [0.2, 0.25) is 0 Å². The van der Waals surface area contributed by atoms with Crippen molar-refractivity contribution in [2.75, 3.05) is 37.9 Å². The van der Waals surface area contributed by atoms with E-state index in [1.54, 1.807) is 29.2 Å². The fourth-order valence-corrected chi connectivity index (χ4v) is 3.61. The molecule has 0 spiro atoms. The van der Waals surface area contributed by atoms with E-state index < -0.39 is 11.7 Å². The van der Waals surface area contributed by atoms with Gasteiger partial charge in [0.1, 0.15) is 12.5 Å². The summed E-state index contributed by atoms with van der Waals surface area (Å²) in [5.41, 5.74) is 0.345. The van der Waals surface area contributed by atoms with Crippen LogP contribution in [0.4, 0.5) is 10.1 Å². The second kappa shape index (κ2) is 10.8. The molecule has 8 heteroatoms. The molecule has 0 aromatic heterocycles. The van der Waals surface area contributed by atoms with Crippen LogP contribution in [-0.2, 0) is 4.79 Å². The molecule has 2 aromatic rings. The van der Waals surface area contributed by atoms with E-state index >= 15 is 0 Å². The molecule has 1 saturated heterocycles. The second-order valence-electron chi connectivity index (χ2n) is 7.19. The first-order chi connectivity index (χ1) is 15.5. The van der Waals surface area contributed by atoms with Gasteiger partial charge in [-0.15, -0.1) is 0 Å². The standard InChI is InChI=1S/C24H29FN2O5/c1-4-30-20-14-17(15-21(31-5-2)23(20)32-6-3)24(29)27(16-26-13-9-12-22(26)28)19-11-8-7-10-18(19)25/h7-8,10-11,14-15H,4-6,9,12-13,16H2,1-3H3. The molecule has 3 rings (SSSR count). The van der Waals surface area contributed by atoms with E-state index in [0.717, 1.165) is 0 Å². The number of amides is 2. The molecule has 0 bridgehead atoms. The predicted octanol–water partition coefficient (Wildman–Crippen LogP) is 4.25. The van der Waals surface area contributed by atoms with Gasteiger partial charge in [0.25, 0.3) is 5.91 Å². The van der Waals surface area contributed by atoms with E-state index in [4.69, 9.17) is 14.2 Å². The normalized spacial score (nSPS) is 13.2. The van der Waals surface area contributed by atoms with Crippen LogP contribution in [-0.4, -0.2) is 49.7 Å². The van der Waals surface area contributed by atoms with Gasteiger partial charge in [-0.2, -0.15) is 0 Å². The summed E-state index contributed by atoms with van der Waals surface area (Å²) in [5, 5.41) is 0. The first-order valence-corrected chi connectivity index (χ1v) is 10.9. The number of likely N-dealkylation sites (tertiary alicyclic amines) is 1. The Bertz CT molecular complexity index is 938. The fourth-order valence-electron chi connectivity index (χ4n) is 3.61. The summed E-state index contributed by atoms with van der Waals surface area (Å²) >= 11 is 0. The first kappa shape index (κ1) is 23.4. The third-order valence-corrected chi connectivity index (χ3v) is 5.03. The van der Waals surface area contributed by atoms with Gasteiger partial charge in [-0.3, -0.25) is 14.5 Å². The van der Waals surface area contributed by atoms with Crippen molar-refractivity contribution in [3.05, 3.63) is 47.8 Å². The van der Waals surface area contributed by atoms with E-state index in [1.807, 2.05) is 20.8 Å². The quantitative estimate of drug-likeness (QED) is 0.548. The van der Waals surface area contributed by atoms with Crippen molar-refractivity contribution < 1.29 is 28.2 Å².